The van der Waals surface area contributed by atoms with Gasteiger partial charge in [-0.1, -0.05) is 17.7 Å². The molecule has 0 aliphatic rings. The van der Waals surface area contributed by atoms with E-state index in [1.54, 1.807) is 12.1 Å². The van der Waals surface area contributed by atoms with Crippen LogP contribution < -0.4 is 15.2 Å². The Morgan fingerprint density at radius 1 is 1.29 bits per heavy atom. The number of sulfonamides is 1. The van der Waals surface area contributed by atoms with Crippen LogP contribution in [0.25, 0.3) is 0 Å². The fourth-order valence-corrected chi connectivity index (χ4v) is 3.14. The summed E-state index contributed by atoms with van der Waals surface area (Å²) < 4.78 is 45.6. The molecule has 0 fully saturated rings. The average molecular weight is 331 g/mol. The highest BCUT2D eigenvalue weighted by molar-refractivity contribution is 7.92. The van der Waals surface area contributed by atoms with Gasteiger partial charge >= 0.3 is 0 Å². The lowest BCUT2D eigenvalue weighted by atomic mass is 10.3. The molecule has 0 bridgehead atoms. The van der Waals surface area contributed by atoms with E-state index in [-0.39, 0.29) is 16.4 Å². The third-order valence-corrected chi connectivity index (χ3v) is 4.28. The molecule has 0 radical (unpaired) electrons. The Morgan fingerprint density at radius 2 is 2.00 bits per heavy atom. The van der Waals surface area contributed by atoms with Crippen molar-refractivity contribution in [2.45, 2.75) is 4.90 Å². The van der Waals surface area contributed by atoms with Crippen molar-refractivity contribution in [1.29, 1.82) is 0 Å². The van der Waals surface area contributed by atoms with Gasteiger partial charge in [0.15, 0.2) is 5.82 Å². The predicted molar refractivity (Wildman–Crippen MR) is 79.6 cm³/mol. The molecule has 0 amide bonds. The zero-order valence-corrected chi connectivity index (χ0v) is 12.5. The van der Waals surface area contributed by atoms with Crippen LogP contribution in [0.5, 0.6) is 5.75 Å². The van der Waals surface area contributed by atoms with Gasteiger partial charge in [-0.15, -0.1) is 0 Å². The molecule has 2 aromatic rings. The molecule has 0 saturated heterocycles. The second kappa shape index (κ2) is 5.79. The van der Waals surface area contributed by atoms with E-state index in [0.29, 0.717) is 5.75 Å². The van der Waals surface area contributed by atoms with Crippen molar-refractivity contribution in [3.05, 3.63) is 47.2 Å². The number of hydrogen-bond acceptors (Lipinski definition) is 4. The zero-order chi connectivity index (χ0) is 15.6. The SMILES string of the molecule is COc1cccc(NS(=O)(=O)c2cc(N)cc(Cl)c2F)c1. The highest BCUT2D eigenvalue weighted by atomic mass is 35.5. The summed E-state index contributed by atoms with van der Waals surface area (Å²) in [6, 6.07) is 8.36. The number of benzene rings is 2. The average Bonchev–Trinajstić information content (AvgIpc) is 2.42. The van der Waals surface area contributed by atoms with Crippen LogP contribution in [-0.2, 0) is 10.0 Å². The van der Waals surface area contributed by atoms with Crippen LogP contribution in [-0.4, -0.2) is 15.5 Å². The molecule has 0 aromatic heterocycles. The third kappa shape index (κ3) is 3.37. The van der Waals surface area contributed by atoms with E-state index in [9.17, 15) is 12.8 Å². The summed E-state index contributed by atoms with van der Waals surface area (Å²) in [5.41, 5.74) is 5.78. The number of halogens is 2. The molecule has 0 atom stereocenters. The maximum atomic E-state index is 13.9. The Morgan fingerprint density at radius 3 is 2.67 bits per heavy atom. The van der Waals surface area contributed by atoms with Crippen molar-refractivity contribution in [3.63, 3.8) is 0 Å². The van der Waals surface area contributed by atoms with Gasteiger partial charge in [0.1, 0.15) is 10.6 Å². The molecule has 2 aromatic carbocycles. The predicted octanol–water partition coefficient (Wildman–Crippen LogP) is 2.87. The van der Waals surface area contributed by atoms with Crippen molar-refractivity contribution >= 4 is 33.0 Å². The lowest BCUT2D eigenvalue weighted by Gasteiger charge is -2.11. The maximum absolute atomic E-state index is 13.9. The van der Waals surface area contributed by atoms with Gasteiger partial charge in [0.05, 0.1) is 17.8 Å². The number of ether oxygens (including phenoxy) is 1. The first-order valence-corrected chi connectivity index (χ1v) is 7.61. The lowest BCUT2D eigenvalue weighted by Crippen LogP contribution is -2.15. The van der Waals surface area contributed by atoms with Crippen LogP contribution in [0.15, 0.2) is 41.3 Å². The van der Waals surface area contributed by atoms with Gasteiger partial charge in [-0.2, -0.15) is 0 Å². The minimum atomic E-state index is -4.16. The van der Waals surface area contributed by atoms with Crippen molar-refractivity contribution in [1.82, 2.24) is 0 Å². The molecule has 5 nitrogen and oxygen atoms in total. The number of nitrogen functional groups attached to an aromatic ring is 1. The van der Waals surface area contributed by atoms with Crippen molar-refractivity contribution < 1.29 is 17.5 Å². The van der Waals surface area contributed by atoms with Gasteiger partial charge < -0.3 is 10.5 Å². The van der Waals surface area contributed by atoms with Crippen molar-refractivity contribution in [2.75, 3.05) is 17.6 Å². The number of nitrogens with one attached hydrogen (secondary N) is 1. The smallest absolute Gasteiger partial charge is 0.264 e. The monoisotopic (exact) mass is 330 g/mol. The number of rotatable bonds is 4. The Bertz CT molecular complexity index is 781. The molecule has 0 aliphatic carbocycles. The highest BCUT2D eigenvalue weighted by Gasteiger charge is 2.22. The fraction of sp³-hybridized carbons (Fsp3) is 0.0769. The topological polar surface area (TPSA) is 81.4 Å². The molecule has 0 spiro atoms. The highest BCUT2D eigenvalue weighted by Crippen LogP contribution is 2.28. The molecule has 0 heterocycles. The van der Waals surface area contributed by atoms with E-state index in [1.807, 2.05) is 0 Å². The lowest BCUT2D eigenvalue weighted by molar-refractivity contribution is 0.415. The molecule has 112 valence electrons. The molecule has 0 saturated carbocycles. The number of hydrogen-bond donors (Lipinski definition) is 2. The van der Waals surface area contributed by atoms with E-state index in [2.05, 4.69) is 4.72 Å². The van der Waals surface area contributed by atoms with E-state index in [4.69, 9.17) is 22.1 Å². The van der Waals surface area contributed by atoms with Crippen molar-refractivity contribution in [2.24, 2.45) is 0 Å². The van der Waals surface area contributed by atoms with Crippen LogP contribution in [0.1, 0.15) is 0 Å². The summed E-state index contributed by atoms with van der Waals surface area (Å²) in [6.45, 7) is 0. The van der Waals surface area contributed by atoms with Crippen LogP contribution in [0.3, 0.4) is 0 Å². The quantitative estimate of drug-likeness (QED) is 0.845. The van der Waals surface area contributed by atoms with Gasteiger partial charge in [0.25, 0.3) is 10.0 Å². The van der Waals surface area contributed by atoms with Crippen molar-refractivity contribution in [3.8, 4) is 5.75 Å². The van der Waals surface area contributed by atoms with Crippen LogP contribution in [0.2, 0.25) is 5.02 Å². The summed E-state index contributed by atoms with van der Waals surface area (Å²) in [6.07, 6.45) is 0. The van der Waals surface area contributed by atoms with E-state index in [1.165, 1.54) is 19.2 Å². The standard InChI is InChI=1S/C13H12ClFN2O3S/c1-20-10-4-2-3-9(7-10)17-21(18,19)12-6-8(16)5-11(14)13(12)15/h2-7,17H,16H2,1H3. The Hall–Kier alpha value is -1.99. The summed E-state index contributed by atoms with van der Waals surface area (Å²) in [5.74, 6) is -0.595. The molecule has 2 rings (SSSR count). The molecule has 8 heteroatoms. The first-order chi connectivity index (χ1) is 9.83. The van der Waals surface area contributed by atoms with Crippen LogP contribution in [0, 0.1) is 5.82 Å². The number of methoxy groups -OCH3 is 1. The summed E-state index contributed by atoms with van der Waals surface area (Å²) >= 11 is 5.61. The molecular formula is C13H12ClFN2O3S. The first kappa shape index (κ1) is 15.4. The number of anilines is 2. The first-order valence-electron chi connectivity index (χ1n) is 5.75. The summed E-state index contributed by atoms with van der Waals surface area (Å²) in [7, 11) is -2.71. The maximum Gasteiger partial charge on any atom is 0.264 e. The number of nitrogens with two attached hydrogens (primary N) is 1. The molecule has 0 aliphatic heterocycles. The minimum absolute atomic E-state index is 0.0485. The Kier molecular flexibility index (Phi) is 4.24. The Balaban J connectivity index is 2.43. The van der Waals surface area contributed by atoms with E-state index < -0.39 is 20.7 Å². The van der Waals surface area contributed by atoms with Gasteiger partial charge in [-0.25, -0.2) is 12.8 Å². The van der Waals surface area contributed by atoms with Crippen LogP contribution in [0.4, 0.5) is 15.8 Å². The Labute approximate surface area is 126 Å². The molecule has 21 heavy (non-hydrogen) atoms. The molecule has 3 N–H and O–H groups in total. The van der Waals surface area contributed by atoms with Gasteiger partial charge in [0.2, 0.25) is 0 Å². The largest absolute Gasteiger partial charge is 0.497 e. The summed E-state index contributed by atoms with van der Waals surface area (Å²) in [5, 5.41) is -0.360. The van der Waals surface area contributed by atoms with E-state index >= 15 is 0 Å². The van der Waals surface area contributed by atoms with Gasteiger partial charge in [0, 0.05) is 11.8 Å². The fourth-order valence-electron chi connectivity index (χ4n) is 1.68. The second-order valence-electron chi connectivity index (χ2n) is 4.15. The van der Waals surface area contributed by atoms with E-state index in [0.717, 1.165) is 12.1 Å². The molecule has 0 unspecified atom stereocenters. The van der Waals surface area contributed by atoms with Gasteiger partial charge in [-0.3, -0.25) is 4.72 Å². The second-order valence-corrected chi connectivity index (χ2v) is 6.21. The minimum Gasteiger partial charge on any atom is -0.497 e. The molecular weight excluding hydrogens is 319 g/mol. The summed E-state index contributed by atoms with van der Waals surface area (Å²) in [4.78, 5) is -0.615. The normalized spacial score (nSPS) is 11.2. The van der Waals surface area contributed by atoms with Gasteiger partial charge in [-0.05, 0) is 24.3 Å². The van der Waals surface area contributed by atoms with Crippen LogP contribution >= 0.6 is 11.6 Å². The zero-order valence-electron chi connectivity index (χ0n) is 10.9. The third-order valence-electron chi connectivity index (χ3n) is 2.63.